The van der Waals surface area contributed by atoms with Crippen molar-refractivity contribution in [2.24, 2.45) is 17.3 Å². The molecule has 4 aromatic rings. The average molecular weight is 598 g/mol. The van der Waals surface area contributed by atoms with Crippen molar-refractivity contribution in [2.75, 3.05) is 36.6 Å². The number of hydrogen-bond donors (Lipinski definition) is 1. The molecule has 13 heteroatoms. The number of amides is 1. The van der Waals surface area contributed by atoms with E-state index in [0.717, 1.165) is 18.4 Å². The highest BCUT2D eigenvalue weighted by atomic mass is 35.5. The molecule has 2 bridgehead atoms. The van der Waals surface area contributed by atoms with Gasteiger partial charge in [-0.1, -0.05) is 18.5 Å². The SMILES string of the molecule is Cc1cc2cc(n1)-c1cnn(C)c1OCCC[C@@H](C)Cn1c(nc3ccc(N=S4(=O)CCOCC4)c(Cl)c31)NC2=O. The summed E-state index contributed by atoms with van der Waals surface area (Å²) in [4.78, 5) is 23.0. The zero-order valence-corrected chi connectivity index (χ0v) is 24.8. The van der Waals surface area contributed by atoms with Crippen LogP contribution >= 0.6 is 11.6 Å². The molecule has 0 spiro atoms. The summed E-state index contributed by atoms with van der Waals surface area (Å²) in [5.74, 6) is 1.62. The van der Waals surface area contributed by atoms with Gasteiger partial charge in [0.05, 0.1) is 80.3 Å². The van der Waals surface area contributed by atoms with Gasteiger partial charge in [0.25, 0.3) is 5.91 Å². The second kappa shape index (κ2) is 11.1. The fourth-order valence-electron chi connectivity index (χ4n) is 5.26. The number of halogens is 1. The van der Waals surface area contributed by atoms with Gasteiger partial charge in [0, 0.05) is 24.8 Å². The zero-order chi connectivity index (χ0) is 28.7. The monoisotopic (exact) mass is 597 g/mol. The summed E-state index contributed by atoms with van der Waals surface area (Å²) in [5, 5.41) is 7.74. The number of aromatic nitrogens is 5. The molecule has 0 unspecified atom stereocenters. The van der Waals surface area contributed by atoms with Crippen LogP contribution in [0.3, 0.4) is 0 Å². The second-order valence-electron chi connectivity index (χ2n) is 10.6. The van der Waals surface area contributed by atoms with E-state index in [-0.39, 0.29) is 11.8 Å². The number of imidazole rings is 1. The van der Waals surface area contributed by atoms with Gasteiger partial charge in [-0.3, -0.25) is 15.1 Å². The predicted octanol–water partition coefficient (Wildman–Crippen LogP) is 4.98. The lowest BCUT2D eigenvalue weighted by Crippen LogP contribution is -2.25. The van der Waals surface area contributed by atoms with Crippen LogP contribution in [0.25, 0.3) is 22.3 Å². The summed E-state index contributed by atoms with van der Waals surface area (Å²) in [7, 11) is -0.642. The van der Waals surface area contributed by atoms with Crippen molar-refractivity contribution in [1.82, 2.24) is 24.3 Å². The number of anilines is 1. The topological polar surface area (TPSA) is 126 Å². The number of rotatable bonds is 1. The van der Waals surface area contributed by atoms with E-state index in [1.807, 2.05) is 24.6 Å². The number of nitrogens with zero attached hydrogens (tertiary/aromatic N) is 6. The van der Waals surface area contributed by atoms with Crippen LogP contribution < -0.4 is 10.1 Å². The van der Waals surface area contributed by atoms with E-state index in [2.05, 4.69) is 26.7 Å². The largest absolute Gasteiger partial charge is 0.477 e. The Hall–Kier alpha value is -3.48. The zero-order valence-electron chi connectivity index (χ0n) is 23.2. The minimum Gasteiger partial charge on any atom is -0.477 e. The first-order valence-corrected chi connectivity index (χ1v) is 15.9. The Morgan fingerprint density at radius 3 is 2.78 bits per heavy atom. The number of carbonyl (C=O) groups is 1. The molecule has 1 aromatic carbocycles. The third-order valence-electron chi connectivity index (χ3n) is 7.36. The average Bonchev–Trinajstić information content (AvgIpc) is 3.47. The summed E-state index contributed by atoms with van der Waals surface area (Å²) >= 11 is 6.95. The Labute approximate surface area is 243 Å². The molecule has 41 heavy (non-hydrogen) atoms. The van der Waals surface area contributed by atoms with E-state index in [4.69, 9.17) is 26.1 Å². The van der Waals surface area contributed by atoms with E-state index in [1.165, 1.54) is 0 Å². The van der Waals surface area contributed by atoms with Gasteiger partial charge in [-0.2, -0.15) is 9.46 Å². The molecule has 1 saturated heterocycles. The highest BCUT2D eigenvalue weighted by Crippen LogP contribution is 2.37. The lowest BCUT2D eigenvalue weighted by atomic mass is 10.1. The summed E-state index contributed by atoms with van der Waals surface area (Å²) in [6.45, 7) is 5.87. The molecule has 216 valence electrons. The number of ether oxygens (including phenoxy) is 2. The van der Waals surface area contributed by atoms with Crippen LogP contribution in [0.15, 0.2) is 34.8 Å². The minimum absolute atomic E-state index is 0.205. The maximum atomic E-state index is 13.6. The van der Waals surface area contributed by atoms with Crippen LogP contribution in [0, 0.1) is 12.8 Å². The number of aryl methyl sites for hydroxylation is 2. The van der Waals surface area contributed by atoms with Gasteiger partial charge < -0.3 is 14.0 Å². The van der Waals surface area contributed by atoms with Crippen molar-refractivity contribution in [3.63, 3.8) is 0 Å². The third-order valence-corrected chi connectivity index (χ3v) is 9.87. The van der Waals surface area contributed by atoms with E-state index in [1.54, 1.807) is 29.1 Å². The molecule has 1 N–H and O–H groups in total. The van der Waals surface area contributed by atoms with Gasteiger partial charge in [0.2, 0.25) is 11.8 Å². The number of carbonyl (C=O) groups excluding carboxylic acids is 1. The molecule has 1 fully saturated rings. The molecule has 0 radical (unpaired) electrons. The maximum absolute atomic E-state index is 13.6. The highest BCUT2D eigenvalue weighted by Gasteiger charge is 2.23. The normalized spacial score (nSPS) is 19.3. The smallest absolute Gasteiger partial charge is 0.258 e. The van der Waals surface area contributed by atoms with E-state index >= 15 is 0 Å². The summed E-state index contributed by atoms with van der Waals surface area (Å²) in [6, 6.07) is 7.02. The van der Waals surface area contributed by atoms with Crippen LogP contribution in [0.1, 0.15) is 35.8 Å². The predicted molar refractivity (Wildman–Crippen MR) is 159 cm³/mol. The first-order valence-electron chi connectivity index (χ1n) is 13.6. The van der Waals surface area contributed by atoms with Gasteiger partial charge in [-0.15, -0.1) is 0 Å². The number of hydrogen-bond acceptors (Lipinski definition) is 8. The van der Waals surface area contributed by atoms with Gasteiger partial charge in [-0.25, -0.2) is 13.9 Å². The summed E-state index contributed by atoms with van der Waals surface area (Å²) < 4.78 is 33.1. The van der Waals surface area contributed by atoms with E-state index in [0.29, 0.717) is 88.4 Å². The lowest BCUT2D eigenvalue weighted by molar-refractivity contribution is 0.102. The molecule has 0 saturated carbocycles. The standard InChI is InChI=1S/C28H32ClN7O4S/c1-17-5-4-8-40-27-20(15-30-35(27)3)23-14-19(13-18(2)31-23)26(37)33-28-32-22-7-6-21(24(29)25(22)36(28)16-17)34-41(38)11-9-39-10-12-41/h6-7,13-15,17H,4-5,8-12,16H2,1-3H3,(H,32,33,37)/t17-/m1/s1. The summed E-state index contributed by atoms with van der Waals surface area (Å²) in [6.07, 6.45) is 3.38. The van der Waals surface area contributed by atoms with Crippen molar-refractivity contribution in [2.45, 2.75) is 33.2 Å². The molecule has 0 aliphatic carbocycles. The first-order chi connectivity index (χ1) is 19.7. The molecule has 5 heterocycles. The van der Waals surface area contributed by atoms with Gasteiger partial charge in [-0.05, 0) is 49.9 Å². The van der Waals surface area contributed by atoms with Crippen LogP contribution in [-0.2, 0) is 28.1 Å². The molecule has 2 aliphatic heterocycles. The van der Waals surface area contributed by atoms with Gasteiger partial charge in [0.15, 0.2) is 0 Å². The van der Waals surface area contributed by atoms with E-state index in [9.17, 15) is 9.00 Å². The molecule has 2 aliphatic rings. The lowest BCUT2D eigenvalue weighted by Gasteiger charge is -2.18. The van der Waals surface area contributed by atoms with Gasteiger partial charge in [0.1, 0.15) is 0 Å². The molecule has 1 amide bonds. The number of pyridine rings is 1. The molecule has 3 aromatic heterocycles. The van der Waals surface area contributed by atoms with Crippen molar-refractivity contribution in [3.8, 4) is 17.1 Å². The highest BCUT2D eigenvalue weighted by molar-refractivity contribution is 7.93. The Balaban J connectivity index is 1.46. The Morgan fingerprint density at radius 2 is 1.98 bits per heavy atom. The Morgan fingerprint density at radius 1 is 1.17 bits per heavy atom. The Kier molecular flexibility index (Phi) is 7.47. The summed E-state index contributed by atoms with van der Waals surface area (Å²) in [5.41, 5.74) is 4.17. The van der Waals surface area contributed by atoms with E-state index < -0.39 is 9.73 Å². The molecular weight excluding hydrogens is 566 g/mol. The molecule has 6 rings (SSSR count). The van der Waals surface area contributed by atoms with Gasteiger partial charge >= 0.3 is 0 Å². The van der Waals surface area contributed by atoms with Crippen molar-refractivity contribution >= 4 is 49.9 Å². The van der Waals surface area contributed by atoms with Crippen LogP contribution in [0.4, 0.5) is 11.6 Å². The molecule has 1 atom stereocenters. The third kappa shape index (κ3) is 5.55. The van der Waals surface area contributed by atoms with Crippen LogP contribution in [-0.4, -0.2) is 65.8 Å². The number of fused-ring (bicyclic) bond motifs is 7. The maximum Gasteiger partial charge on any atom is 0.258 e. The van der Waals surface area contributed by atoms with Crippen LogP contribution in [0.5, 0.6) is 5.88 Å². The van der Waals surface area contributed by atoms with Crippen molar-refractivity contribution < 1.29 is 18.5 Å². The minimum atomic E-state index is -2.47. The first kappa shape index (κ1) is 27.7. The number of nitrogens with one attached hydrogen (secondary N) is 1. The van der Waals surface area contributed by atoms with Crippen molar-refractivity contribution in [3.05, 3.63) is 46.7 Å². The quantitative estimate of drug-likeness (QED) is 0.328. The fraction of sp³-hybridized carbons (Fsp3) is 0.429. The second-order valence-corrected chi connectivity index (χ2v) is 13.5. The Bertz CT molecular complexity index is 1760. The molecule has 11 nitrogen and oxygen atoms in total. The number of benzene rings is 1. The fourth-order valence-corrected chi connectivity index (χ4v) is 7.26. The van der Waals surface area contributed by atoms with Crippen molar-refractivity contribution in [1.29, 1.82) is 0 Å². The van der Waals surface area contributed by atoms with Crippen LogP contribution in [0.2, 0.25) is 5.02 Å². The molecular formula is C28H32ClN7O4S.